The standard InChI is InChI=1S/C9H10Br2FNO2S.ClH/c1-2-15-9(14)6(12)7(13)5-3-4(10)8(11)16-5;/h3,6-7H,2,13H2,1H3;1H/t6?,7-;/m0./s1. The second-order valence-corrected chi connectivity index (χ2v) is 6.21. The minimum atomic E-state index is -1.84. The Balaban J connectivity index is 0.00000256. The Kier molecular flexibility index (Phi) is 7.82. The van der Waals surface area contributed by atoms with E-state index in [9.17, 15) is 9.18 Å². The third kappa shape index (κ3) is 4.48. The molecule has 2 N–H and O–H groups in total. The van der Waals surface area contributed by atoms with E-state index in [1.807, 2.05) is 0 Å². The van der Waals surface area contributed by atoms with E-state index < -0.39 is 18.2 Å². The molecule has 1 unspecified atom stereocenters. The van der Waals surface area contributed by atoms with Gasteiger partial charge < -0.3 is 10.5 Å². The Hall–Kier alpha value is 0.310. The summed E-state index contributed by atoms with van der Waals surface area (Å²) in [5, 5.41) is 0. The van der Waals surface area contributed by atoms with Crippen LogP contribution in [0.1, 0.15) is 17.8 Å². The summed E-state index contributed by atoms with van der Waals surface area (Å²) in [7, 11) is 0. The topological polar surface area (TPSA) is 52.3 Å². The average Bonchev–Trinajstić information content (AvgIpc) is 2.57. The molecule has 0 aliphatic rings. The Labute approximate surface area is 126 Å². The molecule has 1 aromatic rings. The Morgan fingerprint density at radius 2 is 2.24 bits per heavy atom. The van der Waals surface area contributed by atoms with Gasteiger partial charge in [-0.2, -0.15) is 0 Å². The summed E-state index contributed by atoms with van der Waals surface area (Å²) in [6.45, 7) is 1.76. The summed E-state index contributed by atoms with van der Waals surface area (Å²) in [4.78, 5) is 11.7. The van der Waals surface area contributed by atoms with Gasteiger partial charge in [-0.3, -0.25) is 0 Å². The van der Waals surface area contributed by atoms with Crippen molar-refractivity contribution in [2.24, 2.45) is 5.73 Å². The highest BCUT2D eigenvalue weighted by Gasteiger charge is 2.29. The fourth-order valence-corrected chi connectivity index (χ4v) is 3.15. The van der Waals surface area contributed by atoms with Gasteiger partial charge in [-0.05, 0) is 44.8 Å². The van der Waals surface area contributed by atoms with Gasteiger partial charge in [0.05, 0.1) is 16.4 Å². The second-order valence-electron chi connectivity index (χ2n) is 2.95. The van der Waals surface area contributed by atoms with Crippen LogP contribution in [0.25, 0.3) is 0 Å². The van der Waals surface area contributed by atoms with Crippen LogP contribution in [-0.2, 0) is 9.53 Å². The van der Waals surface area contributed by atoms with Crippen LogP contribution in [0.5, 0.6) is 0 Å². The highest BCUT2D eigenvalue weighted by atomic mass is 79.9. The van der Waals surface area contributed by atoms with Crippen LogP contribution in [0, 0.1) is 0 Å². The van der Waals surface area contributed by atoms with Crippen LogP contribution in [0.3, 0.4) is 0 Å². The number of carbonyl (C=O) groups is 1. The molecule has 0 amide bonds. The molecule has 0 aliphatic carbocycles. The fraction of sp³-hybridized carbons (Fsp3) is 0.444. The van der Waals surface area contributed by atoms with E-state index in [1.165, 1.54) is 11.3 Å². The molecule has 1 heterocycles. The monoisotopic (exact) mass is 409 g/mol. The number of thiophene rings is 1. The highest BCUT2D eigenvalue weighted by molar-refractivity contribution is 9.13. The zero-order valence-corrected chi connectivity index (χ0v) is 13.6. The number of alkyl halides is 1. The van der Waals surface area contributed by atoms with E-state index in [0.717, 1.165) is 8.26 Å². The summed E-state index contributed by atoms with van der Waals surface area (Å²) in [5.74, 6) is -0.921. The number of ether oxygens (including phenoxy) is 1. The van der Waals surface area contributed by atoms with Crippen LogP contribution in [0.2, 0.25) is 0 Å². The molecule has 0 radical (unpaired) electrons. The molecule has 3 nitrogen and oxygen atoms in total. The SMILES string of the molecule is CCOC(=O)C(F)[C@@H](N)c1cc(Br)c(Br)s1.Cl. The van der Waals surface area contributed by atoms with E-state index in [1.54, 1.807) is 13.0 Å². The van der Waals surface area contributed by atoms with Crippen molar-refractivity contribution in [3.63, 3.8) is 0 Å². The first-order valence-electron chi connectivity index (χ1n) is 4.48. The summed E-state index contributed by atoms with van der Waals surface area (Å²) in [6.07, 6.45) is -1.84. The minimum Gasteiger partial charge on any atom is -0.464 e. The zero-order chi connectivity index (χ0) is 12.3. The van der Waals surface area contributed by atoms with Crippen molar-refractivity contribution in [3.8, 4) is 0 Å². The first kappa shape index (κ1) is 17.3. The Morgan fingerprint density at radius 3 is 2.65 bits per heavy atom. The number of nitrogens with two attached hydrogens (primary N) is 1. The quantitative estimate of drug-likeness (QED) is 0.771. The molecule has 0 saturated heterocycles. The molecule has 17 heavy (non-hydrogen) atoms. The van der Waals surface area contributed by atoms with Crippen molar-refractivity contribution >= 4 is 61.6 Å². The lowest BCUT2D eigenvalue weighted by Gasteiger charge is -2.13. The van der Waals surface area contributed by atoms with Crippen LogP contribution >= 0.6 is 55.6 Å². The van der Waals surface area contributed by atoms with E-state index in [0.29, 0.717) is 4.88 Å². The van der Waals surface area contributed by atoms with E-state index in [2.05, 4.69) is 36.6 Å². The predicted molar refractivity (Wildman–Crippen MR) is 75.4 cm³/mol. The molecule has 0 spiro atoms. The lowest BCUT2D eigenvalue weighted by molar-refractivity contribution is -0.149. The normalized spacial score (nSPS) is 13.7. The van der Waals surface area contributed by atoms with Crippen molar-refractivity contribution in [1.82, 2.24) is 0 Å². The van der Waals surface area contributed by atoms with Crippen LogP contribution < -0.4 is 5.73 Å². The number of carbonyl (C=O) groups excluding carboxylic acids is 1. The molecule has 0 saturated carbocycles. The second kappa shape index (κ2) is 7.68. The molecule has 98 valence electrons. The lowest BCUT2D eigenvalue weighted by Crippen LogP contribution is -2.30. The van der Waals surface area contributed by atoms with E-state index >= 15 is 0 Å². The highest BCUT2D eigenvalue weighted by Crippen LogP contribution is 2.36. The van der Waals surface area contributed by atoms with Crippen molar-refractivity contribution in [2.45, 2.75) is 19.1 Å². The molecular formula is C9H11Br2ClFNO2S. The molecular weight excluding hydrogens is 400 g/mol. The first-order chi connectivity index (χ1) is 7.47. The molecule has 0 fully saturated rings. The van der Waals surface area contributed by atoms with Gasteiger partial charge in [0.25, 0.3) is 0 Å². The van der Waals surface area contributed by atoms with E-state index in [-0.39, 0.29) is 19.0 Å². The van der Waals surface area contributed by atoms with Gasteiger partial charge in [-0.25, -0.2) is 9.18 Å². The number of hydrogen-bond acceptors (Lipinski definition) is 4. The van der Waals surface area contributed by atoms with Crippen molar-refractivity contribution in [1.29, 1.82) is 0 Å². The van der Waals surface area contributed by atoms with Gasteiger partial charge >= 0.3 is 5.97 Å². The molecule has 0 aliphatic heterocycles. The van der Waals surface area contributed by atoms with Crippen molar-refractivity contribution in [3.05, 3.63) is 19.2 Å². The maximum atomic E-state index is 13.6. The van der Waals surface area contributed by atoms with Gasteiger partial charge in [0, 0.05) is 9.35 Å². The van der Waals surface area contributed by atoms with Gasteiger partial charge in [-0.15, -0.1) is 23.7 Å². The number of rotatable bonds is 4. The molecule has 1 aromatic heterocycles. The van der Waals surface area contributed by atoms with E-state index in [4.69, 9.17) is 5.73 Å². The van der Waals surface area contributed by atoms with Crippen molar-refractivity contribution in [2.75, 3.05) is 6.61 Å². The van der Waals surface area contributed by atoms with Crippen LogP contribution in [0.15, 0.2) is 14.3 Å². The lowest BCUT2D eigenvalue weighted by atomic mass is 10.1. The third-order valence-electron chi connectivity index (χ3n) is 1.82. The zero-order valence-electron chi connectivity index (χ0n) is 8.78. The first-order valence-corrected chi connectivity index (χ1v) is 6.88. The number of halogens is 4. The van der Waals surface area contributed by atoms with Gasteiger partial charge in [0.1, 0.15) is 0 Å². The maximum absolute atomic E-state index is 13.6. The number of hydrogen-bond donors (Lipinski definition) is 1. The predicted octanol–water partition coefficient (Wildman–Crippen LogP) is 3.60. The molecule has 2 atom stereocenters. The van der Waals surface area contributed by atoms with Gasteiger partial charge in [0.15, 0.2) is 0 Å². The van der Waals surface area contributed by atoms with Crippen molar-refractivity contribution < 1.29 is 13.9 Å². The smallest absolute Gasteiger partial charge is 0.342 e. The fourth-order valence-electron chi connectivity index (χ4n) is 1.04. The number of esters is 1. The summed E-state index contributed by atoms with van der Waals surface area (Å²) < 4.78 is 19.8. The maximum Gasteiger partial charge on any atom is 0.342 e. The Morgan fingerprint density at radius 1 is 1.65 bits per heavy atom. The summed E-state index contributed by atoms with van der Waals surface area (Å²) >= 11 is 7.83. The largest absolute Gasteiger partial charge is 0.464 e. The molecule has 0 aromatic carbocycles. The van der Waals surface area contributed by atoms with Gasteiger partial charge in [0.2, 0.25) is 6.17 Å². The molecule has 1 rings (SSSR count). The summed E-state index contributed by atoms with van der Waals surface area (Å²) in [6, 6.07) is 0.692. The minimum absolute atomic E-state index is 0. The van der Waals surface area contributed by atoms with Crippen LogP contribution in [0.4, 0.5) is 4.39 Å². The molecule has 8 heteroatoms. The Bertz CT molecular complexity index is 372. The molecule has 0 bridgehead atoms. The van der Waals surface area contributed by atoms with Gasteiger partial charge in [-0.1, -0.05) is 0 Å². The summed E-state index contributed by atoms with van der Waals surface area (Å²) in [5.41, 5.74) is 5.64. The van der Waals surface area contributed by atoms with Crippen LogP contribution in [-0.4, -0.2) is 18.7 Å². The average molecular weight is 412 g/mol. The third-order valence-corrected chi connectivity index (χ3v) is 5.18.